The van der Waals surface area contributed by atoms with Gasteiger partial charge < -0.3 is 35.8 Å². The number of hydrazine groups is 1. The molecule has 1 aromatic heterocycles. The van der Waals surface area contributed by atoms with Crippen molar-refractivity contribution in [2.45, 2.75) is 157 Å². The Hall–Kier alpha value is -5.22. The minimum absolute atomic E-state index is 0.00451. The molecule has 3 heterocycles. The molecule has 2 aliphatic rings. The number of allylic oxidation sites excluding steroid dienone is 2. The van der Waals surface area contributed by atoms with Gasteiger partial charge in [-0.1, -0.05) is 118 Å². The Bertz CT molecular complexity index is 2410. The summed E-state index contributed by atoms with van der Waals surface area (Å²) in [7, 11) is 10.4. The van der Waals surface area contributed by atoms with Crippen LogP contribution in [0.1, 0.15) is 167 Å². The second kappa shape index (κ2) is 37.2. The van der Waals surface area contributed by atoms with E-state index in [4.69, 9.17) is 21.3 Å². The smallest absolute Gasteiger partial charge is 0.293 e. The molecule has 460 valence electrons. The third-order valence-electron chi connectivity index (χ3n) is 16.2. The molecule has 0 radical (unpaired) electrons. The van der Waals surface area contributed by atoms with E-state index in [0.29, 0.717) is 36.9 Å². The topological polar surface area (TPSA) is 157 Å². The first-order valence-corrected chi connectivity index (χ1v) is 30.3. The first-order valence-electron chi connectivity index (χ1n) is 30.3. The fourth-order valence-corrected chi connectivity index (χ4v) is 11.6. The van der Waals surface area contributed by atoms with Gasteiger partial charge in [0.1, 0.15) is 12.1 Å². The van der Waals surface area contributed by atoms with Crippen molar-refractivity contribution in [3.05, 3.63) is 132 Å². The number of aryl methyl sites for hydroxylation is 1. The second-order valence-corrected chi connectivity index (χ2v) is 24.9. The summed E-state index contributed by atoms with van der Waals surface area (Å²) in [4.78, 5) is 35.0. The first kappa shape index (κ1) is 72.9. The highest BCUT2D eigenvalue weighted by molar-refractivity contribution is 5.73. The van der Waals surface area contributed by atoms with Crippen LogP contribution in [0.15, 0.2) is 104 Å². The number of benzene rings is 2. The van der Waals surface area contributed by atoms with Crippen molar-refractivity contribution in [1.29, 1.82) is 0 Å². The number of nitrogens with zero attached hydrogens (tertiary/aromatic N) is 5. The number of fused-ring (bicyclic) bond motifs is 1. The number of ether oxygens (including phenoxy) is 1. The molecule has 0 bridgehead atoms. The van der Waals surface area contributed by atoms with Crippen molar-refractivity contribution >= 4 is 18.4 Å². The monoisotopic (exact) mass is 1140 g/mol. The van der Waals surface area contributed by atoms with E-state index >= 15 is 4.39 Å². The first-order chi connectivity index (χ1) is 38.9. The Balaban J connectivity index is 0.000000556. The summed E-state index contributed by atoms with van der Waals surface area (Å²) in [6, 6.07) is 16.3. The molecule has 13 nitrogen and oxygen atoms in total. The molecule has 0 amide bonds. The van der Waals surface area contributed by atoms with E-state index in [9.17, 15) is 9.59 Å². The van der Waals surface area contributed by atoms with Gasteiger partial charge >= 0.3 is 0 Å². The van der Waals surface area contributed by atoms with Gasteiger partial charge in [0.15, 0.2) is 0 Å². The van der Waals surface area contributed by atoms with Crippen LogP contribution < -0.4 is 32.5 Å². The maximum Gasteiger partial charge on any atom is 0.293 e. The summed E-state index contributed by atoms with van der Waals surface area (Å²) in [5.41, 5.74) is 18.9. The average molecular weight is 1140 g/mol. The summed E-state index contributed by atoms with van der Waals surface area (Å²) >= 11 is 0. The third-order valence-corrected chi connectivity index (χ3v) is 16.2. The number of nitrogens with one attached hydrogen (secondary N) is 3. The van der Waals surface area contributed by atoms with Crippen molar-refractivity contribution < 1.29 is 18.7 Å². The Labute approximate surface area is 498 Å². The molecular weight excluding hydrogens is 1020 g/mol. The van der Waals surface area contributed by atoms with Crippen LogP contribution >= 0.6 is 0 Å². The predicted molar refractivity (Wildman–Crippen MR) is 346 cm³/mol. The van der Waals surface area contributed by atoms with Gasteiger partial charge in [0.05, 0.1) is 24.4 Å². The quantitative estimate of drug-likeness (QED) is 0.0101. The van der Waals surface area contributed by atoms with E-state index in [1.54, 1.807) is 12.1 Å². The Morgan fingerprint density at radius 3 is 2.28 bits per heavy atom. The Morgan fingerprint density at radius 1 is 1.00 bits per heavy atom. The Kier molecular flexibility index (Phi) is 33.0. The molecule has 0 saturated carbocycles. The molecule has 5 unspecified atom stereocenters. The number of hydrogen-bond donors (Lipinski definition) is 5. The average Bonchev–Trinajstić information content (AvgIpc) is 4.20. The number of carbonyl (C=O) groups excluding carboxylic acids is 2. The number of aromatic nitrogens is 1. The van der Waals surface area contributed by atoms with Gasteiger partial charge in [-0.05, 0) is 199 Å². The largest absolute Gasteiger partial charge is 0.467 e. The van der Waals surface area contributed by atoms with Gasteiger partial charge in [-0.25, -0.2) is 4.39 Å². The van der Waals surface area contributed by atoms with E-state index in [0.717, 1.165) is 116 Å². The molecule has 1 fully saturated rings. The van der Waals surface area contributed by atoms with Crippen LogP contribution in [0.25, 0.3) is 11.1 Å². The van der Waals surface area contributed by atoms with Crippen molar-refractivity contribution in [1.82, 2.24) is 35.7 Å². The minimum Gasteiger partial charge on any atom is -0.467 e. The zero-order chi connectivity index (χ0) is 61.6. The molecule has 3 aromatic rings. The van der Waals surface area contributed by atoms with Crippen LogP contribution in [-0.2, 0) is 20.7 Å². The number of likely N-dealkylation sites (N-methyl/N-ethyl adjacent to an activating group) is 4. The van der Waals surface area contributed by atoms with E-state index in [2.05, 4.69) is 164 Å². The summed E-state index contributed by atoms with van der Waals surface area (Å²) < 4.78 is 20.5. The lowest BCUT2D eigenvalue weighted by Crippen LogP contribution is -2.43. The van der Waals surface area contributed by atoms with Crippen LogP contribution in [0.4, 0.5) is 10.1 Å². The molecule has 14 heteroatoms. The van der Waals surface area contributed by atoms with Gasteiger partial charge in [-0.15, -0.1) is 0 Å². The number of carbonyl (C=O) groups is 2. The number of pyridine rings is 1. The maximum absolute atomic E-state index is 15.2. The fraction of sp³-hybridized carbons (Fsp3) is 0.603. The highest BCUT2D eigenvalue weighted by Crippen LogP contribution is 2.55. The number of hydrogen-bond acceptors (Lipinski definition) is 13. The molecular formula is C68H113FN10O3. The number of aldehydes is 1. The third kappa shape index (κ3) is 23.4. The van der Waals surface area contributed by atoms with Crippen molar-refractivity contribution in [3.63, 3.8) is 0 Å². The van der Waals surface area contributed by atoms with Crippen molar-refractivity contribution in [2.75, 3.05) is 92.6 Å². The van der Waals surface area contributed by atoms with Gasteiger partial charge in [-0.2, -0.15) is 0 Å². The molecule has 0 spiro atoms. The number of likely N-dealkylation sites (tertiary alicyclic amines) is 1. The Morgan fingerprint density at radius 2 is 1.71 bits per heavy atom. The van der Waals surface area contributed by atoms with Crippen LogP contribution in [-0.4, -0.2) is 126 Å². The number of rotatable bonds is 32. The highest BCUT2D eigenvalue weighted by atomic mass is 19.1. The second-order valence-electron chi connectivity index (χ2n) is 24.9. The van der Waals surface area contributed by atoms with Crippen molar-refractivity contribution in [3.8, 4) is 11.1 Å². The van der Waals surface area contributed by atoms with Gasteiger partial charge in [0.25, 0.3) is 6.47 Å². The van der Waals surface area contributed by atoms with Crippen LogP contribution in [0.3, 0.4) is 0 Å². The van der Waals surface area contributed by atoms with Crippen LogP contribution in [0.2, 0.25) is 0 Å². The summed E-state index contributed by atoms with van der Waals surface area (Å²) in [6.07, 6.45) is 17.7. The lowest BCUT2D eigenvalue weighted by atomic mass is 9.76. The van der Waals surface area contributed by atoms with Gasteiger partial charge in [0.2, 0.25) is 0 Å². The van der Waals surface area contributed by atoms with Gasteiger partial charge in [-0.3, -0.25) is 30.7 Å². The lowest BCUT2D eigenvalue weighted by Gasteiger charge is -2.36. The molecule has 2 aliphatic heterocycles. The van der Waals surface area contributed by atoms with E-state index in [1.165, 1.54) is 50.4 Å². The predicted octanol–water partition coefficient (Wildman–Crippen LogP) is 12.5. The summed E-state index contributed by atoms with van der Waals surface area (Å²) in [5, 5.41) is 6.53. The number of halogens is 1. The van der Waals surface area contributed by atoms with Crippen LogP contribution in [0.5, 0.6) is 0 Å². The zero-order valence-corrected chi connectivity index (χ0v) is 53.8. The highest BCUT2D eigenvalue weighted by Gasteiger charge is 2.43. The molecule has 82 heavy (non-hydrogen) atoms. The molecule has 5 rings (SSSR count). The van der Waals surface area contributed by atoms with E-state index in [1.807, 2.05) is 50.6 Å². The maximum atomic E-state index is 15.2. The molecule has 5 atom stereocenters. The normalized spacial score (nSPS) is 17.7. The SMILES string of the molecule is C=C(CCc1cc(F)cc(-c2ccc3c(c2)C(CC(C)(C)COC=O)C(c2cccnc2C(N)CC)N3CC)c1)C(C)(C)CCCNN.C=CNCCC1(CCN(C)C(C(=C)NC)C(C)C)CCN(C)C1.CCC.CN(C)C/C=C/C=O. The standard InChI is InChI=1S/C40H56FN5O2.C19H38N4.C6H11NO.C3H8/c1-8-35(42)37-32(12-10-18-44-37)38-34(24-39(4,5)25-48-26-47)33-23-29(15-16-36(33)46(38)9-2)30-20-28(21-31(41)22-30)14-13-27(3)40(6,7)17-11-19-45-43;1-8-21-12-9-19(10-13-22(6)15-19)11-14-23(7)18(16(2)3)17(4)20-5;1-7(2)5-3-4-6-8;1-3-2/h10,12,15-16,18,20-23,26,34-35,38,45H,3,8-9,11,13-14,17,19,24-25,42-43H2,1-2,4-7H3;8,16,18,20-21H,1,4,9-15H2,2-3,5-7H3;3-4,6H,5H2,1-2H3;3H2,1-2H3/b;;4-3+;. The van der Waals surface area contributed by atoms with Crippen molar-refractivity contribution in [2.24, 2.45) is 33.7 Å². The summed E-state index contributed by atoms with van der Waals surface area (Å²) in [6.45, 7) is 41.9. The molecule has 0 aliphatic carbocycles. The number of nitrogens with two attached hydrogens (primary N) is 2. The van der Waals surface area contributed by atoms with E-state index in [-0.39, 0.29) is 34.6 Å². The number of anilines is 1. The fourth-order valence-electron chi connectivity index (χ4n) is 11.6. The minimum atomic E-state index is -0.293. The van der Waals surface area contributed by atoms with Gasteiger partial charge in [0, 0.05) is 69.3 Å². The van der Waals surface area contributed by atoms with E-state index < -0.39 is 0 Å². The zero-order valence-electron chi connectivity index (χ0n) is 53.8. The molecule has 7 N–H and O–H groups in total. The molecule has 2 aromatic carbocycles. The van der Waals surface area contributed by atoms with Crippen LogP contribution in [0, 0.1) is 28.0 Å². The summed E-state index contributed by atoms with van der Waals surface area (Å²) in [5.74, 6) is 5.84. The lowest BCUT2D eigenvalue weighted by molar-refractivity contribution is -0.131. The molecule has 1 saturated heterocycles.